The molecule has 0 aliphatic carbocycles. The molecule has 10 heteroatoms. The molecule has 160 valence electrons. The van der Waals surface area contributed by atoms with Crippen LogP contribution in [0.3, 0.4) is 0 Å². The number of aromatic nitrogens is 4. The average molecular weight is 441 g/mol. The largest absolute Gasteiger partial charge is 0.327 e. The standard InChI is InChI=1S/C21H21FN6O2S/c1-13-17-8-7-16(10-19(17)27-26-13)28(2)20-18(22)11-23-21(25-20)24-15-6-4-5-14(9-15)12-31(3,29)30/h4-11H,12H2,1-3H3,(H,26,27)(H,23,24,25). The number of nitrogens with zero attached hydrogens (tertiary/aromatic N) is 4. The number of sulfone groups is 1. The van der Waals surface area contributed by atoms with Crippen LogP contribution in [0.15, 0.2) is 48.7 Å². The van der Waals surface area contributed by atoms with Crippen LogP contribution in [0, 0.1) is 12.7 Å². The summed E-state index contributed by atoms with van der Waals surface area (Å²) in [6, 6.07) is 12.6. The van der Waals surface area contributed by atoms with Crippen molar-refractivity contribution in [1.29, 1.82) is 0 Å². The van der Waals surface area contributed by atoms with Gasteiger partial charge in [-0.2, -0.15) is 10.1 Å². The minimum atomic E-state index is -3.16. The molecule has 0 aliphatic rings. The van der Waals surface area contributed by atoms with E-state index in [9.17, 15) is 12.8 Å². The number of hydrogen-bond donors (Lipinski definition) is 2. The van der Waals surface area contributed by atoms with Crippen LogP contribution in [0.25, 0.3) is 10.9 Å². The topological polar surface area (TPSA) is 104 Å². The first-order valence-corrected chi connectivity index (χ1v) is 11.5. The summed E-state index contributed by atoms with van der Waals surface area (Å²) < 4.78 is 37.6. The van der Waals surface area contributed by atoms with Gasteiger partial charge in [0.2, 0.25) is 5.95 Å². The van der Waals surface area contributed by atoms with Crippen LogP contribution < -0.4 is 10.2 Å². The molecule has 0 saturated carbocycles. The van der Waals surface area contributed by atoms with E-state index in [1.165, 1.54) is 6.26 Å². The first kappa shape index (κ1) is 20.7. The Morgan fingerprint density at radius 2 is 2.00 bits per heavy atom. The van der Waals surface area contributed by atoms with E-state index < -0.39 is 15.7 Å². The van der Waals surface area contributed by atoms with E-state index in [0.29, 0.717) is 11.3 Å². The van der Waals surface area contributed by atoms with Gasteiger partial charge in [0.05, 0.1) is 23.2 Å². The summed E-state index contributed by atoms with van der Waals surface area (Å²) in [5, 5.41) is 11.1. The molecule has 0 amide bonds. The molecular weight excluding hydrogens is 419 g/mol. The lowest BCUT2D eigenvalue weighted by molar-refractivity contribution is 0.601. The molecule has 0 saturated heterocycles. The maximum atomic E-state index is 14.5. The molecule has 4 aromatic rings. The van der Waals surface area contributed by atoms with Gasteiger partial charge in [-0.15, -0.1) is 0 Å². The monoisotopic (exact) mass is 440 g/mol. The van der Waals surface area contributed by atoms with Crippen molar-refractivity contribution in [2.45, 2.75) is 12.7 Å². The first-order valence-electron chi connectivity index (χ1n) is 9.44. The van der Waals surface area contributed by atoms with Gasteiger partial charge in [0.1, 0.15) is 0 Å². The van der Waals surface area contributed by atoms with Crippen LogP contribution in [0.1, 0.15) is 11.3 Å². The predicted octanol–water partition coefficient (Wildman–Crippen LogP) is 3.86. The van der Waals surface area contributed by atoms with Gasteiger partial charge in [0.25, 0.3) is 0 Å². The molecule has 0 fully saturated rings. The van der Waals surface area contributed by atoms with Crippen molar-refractivity contribution in [2.75, 3.05) is 23.5 Å². The first-order chi connectivity index (χ1) is 14.7. The minimum absolute atomic E-state index is 0.0731. The molecule has 31 heavy (non-hydrogen) atoms. The molecule has 0 radical (unpaired) electrons. The van der Waals surface area contributed by atoms with Crippen molar-refractivity contribution in [3.05, 3.63) is 65.7 Å². The van der Waals surface area contributed by atoms with Crippen molar-refractivity contribution in [3.8, 4) is 0 Å². The maximum absolute atomic E-state index is 14.5. The molecule has 0 unspecified atom stereocenters. The van der Waals surface area contributed by atoms with E-state index in [4.69, 9.17) is 0 Å². The average Bonchev–Trinajstić information content (AvgIpc) is 3.08. The molecule has 8 nitrogen and oxygen atoms in total. The Hall–Kier alpha value is -3.53. The fraction of sp³-hybridized carbons (Fsp3) is 0.190. The molecule has 2 aromatic heterocycles. The Kier molecular flexibility index (Phi) is 5.32. The molecule has 0 bridgehead atoms. The van der Waals surface area contributed by atoms with Crippen molar-refractivity contribution < 1.29 is 12.8 Å². The van der Waals surface area contributed by atoms with Crippen LogP contribution >= 0.6 is 0 Å². The lowest BCUT2D eigenvalue weighted by atomic mass is 10.2. The number of rotatable bonds is 6. The summed E-state index contributed by atoms with van der Waals surface area (Å²) in [7, 11) is -1.44. The second-order valence-electron chi connectivity index (χ2n) is 7.36. The summed E-state index contributed by atoms with van der Waals surface area (Å²) in [6.07, 6.45) is 2.28. The molecular formula is C21H21FN6O2S. The highest BCUT2D eigenvalue weighted by Gasteiger charge is 2.15. The third-order valence-electron chi connectivity index (χ3n) is 4.78. The molecule has 2 aromatic carbocycles. The normalized spacial score (nSPS) is 11.6. The number of aryl methyl sites for hydroxylation is 1. The lowest BCUT2D eigenvalue weighted by Crippen LogP contribution is -2.14. The van der Waals surface area contributed by atoms with Crippen molar-refractivity contribution >= 4 is 43.9 Å². The van der Waals surface area contributed by atoms with Gasteiger partial charge < -0.3 is 10.2 Å². The third kappa shape index (κ3) is 4.64. The second-order valence-corrected chi connectivity index (χ2v) is 9.50. The summed E-state index contributed by atoms with van der Waals surface area (Å²) in [6.45, 7) is 1.91. The van der Waals surface area contributed by atoms with Crippen LogP contribution in [-0.4, -0.2) is 41.9 Å². The van der Waals surface area contributed by atoms with E-state index >= 15 is 0 Å². The number of anilines is 4. The van der Waals surface area contributed by atoms with Crippen molar-refractivity contribution in [1.82, 2.24) is 20.2 Å². The molecule has 0 spiro atoms. The molecule has 2 heterocycles. The van der Waals surface area contributed by atoms with E-state index in [1.54, 1.807) is 36.2 Å². The fourth-order valence-electron chi connectivity index (χ4n) is 3.30. The highest BCUT2D eigenvalue weighted by molar-refractivity contribution is 7.89. The lowest BCUT2D eigenvalue weighted by Gasteiger charge is -2.19. The summed E-state index contributed by atoms with van der Waals surface area (Å²) in [5.41, 5.74) is 3.71. The van der Waals surface area contributed by atoms with Crippen molar-refractivity contribution in [3.63, 3.8) is 0 Å². The Balaban J connectivity index is 1.61. The number of aromatic amines is 1. The number of nitrogens with one attached hydrogen (secondary N) is 2. The summed E-state index contributed by atoms with van der Waals surface area (Å²) in [4.78, 5) is 9.95. The van der Waals surface area contributed by atoms with Crippen LogP contribution in [0.2, 0.25) is 0 Å². The zero-order valence-electron chi connectivity index (χ0n) is 17.2. The highest BCUT2D eigenvalue weighted by atomic mass is 32.2. The second kappa shape index (κ2) is 7.95. The maximum Gasteiger partial charge on any atom is 0.229 e. The van der Waals surface area contributed by atoms with E-state index in [0.717, 1.165) is 28.5 Å². The quantitative estimate of drug-likeness (QED) is 0.469. The van der Waals surface area contributed by atoms with Gasteiger partial charge in [0.15, 0.2) is 21.5 Å². The van der Waals surface area contributed by atoms with Crippen LogP contribution in [-0.2, 0) is 15.6 Å². The van der Waals surface area contributed by atoms with Gasteiger partial charge in [0, 0.05) is 30.1 Å². The number of fused-ring (bicyclic) bond motifs is 1. The summed E-state index contributed by atoms with van der Waals surface area (Å²) >= 11 is 0. The van der Waals surface area contributed by atoms with E-state index in [2.05, 4.69) is 25.5 Å². The minimum Gasteiger partial charge on any atom is -0.327 e. The zero-order chi connectivity index (χ0) is 22.2. The molecule has 0 atom stereocenters. The molecule has 0 aliphatic heterocycles. The SMILES string of the molecule is Cc1n[nH]c2cc(N(C)c3nc(Nc4cccc(CS(C)(=O)=O)c4)ncc3F)ccc12. The molecule has 2 N–H and O–H groups in total. The highest BCUT2D eigenvalue weighted by Crippen LogP contribution is 2.28. The Morgan fingerprint density at radius 1 is 1.19 bits per heavy atom. The van der Waals surface area contributed by atoms with Crippen LogP contribution in [0.4, 0.5) is 27.5 Å². The number of halogens is 1. The number of hydrogen-bond acceptors (Lipinski definition) is 7. The van der Waals surface area contributed by atoms with Gasteiger partial charge in [-0.25, -0.2) is 17.8 Å². The van der Waals surface area contributed by atoms with E-state index in [-0.39, 0.29) is 17.5 Å². The Labute approximate surface area is 179 Å². The molecule has 4 rings (SSSR count). The summed E-state index contributed by atoms with van der Waals surface area (Å²) in [5.74, 6) is -0.352. The van der Waals surface area contributed by atoms with Gasteiger partial charge >= 0.3 is 0 Å². The Bertz CT molecular complexity index is 1370. The fourth-order valence-corrected chi connectivity index (χ4v) is 4.08. The Morgan fingerprint density at radius 3 is 2.77 bits per heavy atom. The van der Waals surface area contributed by atoms with Gasteiger partial charge in [-0.3, -0.25) is 5.10 Å². The van der Waals surface area contributed by atoms with Crippen molar-refractivity contribution in [2.24, 2.45) is 0 Å². The third-order valence-corrected chi connectivity index (χ3v) is 5.64. The number of H-pyrrole nitrogens is 1. The van der Waals surface area contributed by atoms with Gasteiger partial charge in [-0.05, 0) is 42.8 Å². The number of benzene rings is 2. The predicted molar refractivity (Wildman–Crippen MR) is 119 cm³/mol. The van der Waals surface area contributed by atoms with E-state index in [1.807, 2.05) is 25.1 Å². The zero-order valence-corrected chi connectivity index (χ0v) is 18.0. The van der Waals surface area contributed by atoms with Gasteiger partial charge in [-0.1, -0.05) is 12.1 Å². The smallest absolute Gasteiger partial charge is 0.229 e. The van der Waals surface area contributed by atoms with Crippen LogP contribution in [0.5, 0.6) is 0 Å².